The first-order valence-electron chi connectivity index (χ1n) is 10.7. The smallest absolute Gasteiger partial charge is 0.132 e. The Balaban J connectivity index is 1.86. The number of rotatable bonds is 6. The van der Waals surface area contributed by atoms with E-state index in [1.807, 2.05) is 28.9 Å². The molecule has 0 aliphatic heterocycles. The molecule has 1 aliphatic carbocycles. The van der Waals surface area contributed by atoms with Crippen LogP contribution in [0.3, 0.4) is 0 Å². The third-order valence-electron chi connectivity index (χ3n) is 6.27. The number of benzene rings is 2. The molecule has 0 atom stereocenters. The quantitative estimate of drug-likeness (QED) is 0.553. The fourth-order valence-corrected chi connectivity index (χ4v) is 4.50. The second-order valence-electron chi connectivity index (χ2n) is 8.59. The maximum absolute atomic E-state index is 12.2. The second-order valence-corrected chi connectivity index (χ2v) is 8.59. The molecule has 1 aliphatic rings. The van der Waals surface area contributed by atoms with Gasteiger partial charge in [-0.3, -0.25) is 9.59 Å². The molecule has 1 aromatic heterocycles. The van der Waals surface area contributed by atoms with Crippen LogP contribution in [0.15, 0.2) is 54.6 Å². The van der Waals surface area contributed by atoms with Gasteiger partial charge in [-0.1, -0.05) is 29.8 Å². The Morgan fingerprint density at radius 1 is 1.06 bits per heavy atom. The lowest BCUT2D eigenvalue weighted by atomic mass is 9.68. The second kappa shape index (κ2) is 8.50. The third kappa shape index (κ3) is 4.31. The van der Waals surface area contributed by atoms with Crippen LogP contribution in [0.25, 0.3) is 16.9 Å². The predicted octanol–water partition coefficient (Wildman–Crippen LogP) is 5.22. The summed E-state index contributed by atoms with van der Waals surface area (Å²) in [5, 5.41) is 5.02. The summed E-state index contributed by atoms with van der Waals surface area (Å²) in [5.41, 5.74) is 4.65. The van der Waals surface area contributed by atoms with Crippen molar-refractivity contribution in [2.45, 2.75) is 51.4 Å². The van der Waals surface area contributed by atoms with Crippen LogP contribution in [0.2, 0.25) is 0 Å². The molecule has 3 aromatic rings. The number of hydrogen-bond acceptors (Lipinski definition) is 4. The summed E-state index contributed by atoms with van der Waals surface area (Å²) in [6.07, 6.45) is 2.75. The Hall–Kier alpha value is -3.21. The molecular formula is C26H28N2O3. The van der Waals surface area contributed by atoms with Crippen molar-refractivity contribution in [1.29, 1.82) is 0 Å². The van der Waals surface area contributed by atoms with Crippen molar-refractivity contribution in [3.8, 4) is 22.7 Å². The normalized spacial score (nSPS) is 15.6. The van der Waals surface area contributed by atoms with E-state index in [0.29, 0.717) is 32.1 Å². The summed E-state index contributed by atoms with van der Waals surface area (Å²) < 4.78 is 7.25. The average molecular weight is 417 g/mol. The molecule has 0 N–H and O–H groups in total. The number of hydrogen-bond donors (Lipinski definition) is 0. The number of ketones is 2. The molecule has 4 rings (SSSR count). The van der Waals surface area contributed by atoms with Gasteiger partial charge in [0.25, 0.3) is 0 Å². The number of aryl methyl sites for hydroxylation is 1. The fourth-order valence-electron chi connectivity index (χ4n) is 4.50. The van der Waals surface area contributed by atoms with Crippen LogP contribution in [0.4, 0.5) is 0 Å². The highest BCUT2D eigenvalue weighted by Crippen LogP contribution is 2.42. The van der Waals surface area contributed by atoms with E-state index in [4.69, 9.17) is 9.84 Å². The highest BCUT2D eigenvalue weighted by atomic mass is 16.5. The Morgan fingerprint density at radius 2 is 1.71 bits per heavy atom. The van der Waals surface area contributed by atoms with Crippen LogP contribution in [0, 0.1) is 6.92 Å². The van der Waals surface area contributed by atoms with Gasteiger partial charge in [0, 0.05) is 30.2 Å². The Morgan fingerprint density at radius 3 is 2.29 bits per heavy atom. The third-order valence-corrected chi connectivity index (χ3v) is 6.27. The Kier molecular flexibility index (Phi) is 5.77. The molecule has 1 heterocycles. The number of aromatic nitrogens is 2. The summed E-state index contributed by atoms with van der Waals surface area (Å²) in [5.74, 6) is 1.18. The predicted molar refractivity (Wildman–Crippen MR) is 121 cm³/mol. The molecule has 5 nitrogen and oxygen atoms in total. The van der Waals surface area contributed by atoms with Gasteiger partial charge >= 0.3 is 0 Å². The zero-order valence-corrected chi connectivity index (χ0v) is 18.4. The van der Waals surface area contributed by atoms with Gasteiger partial charge in [0.1, 0.15) is 17.3 Å². The van der Waals surface area contributed by atoms with Crippen molar-refractivity contribution in [3.05, 3.63) is 65.9 Å². The van der Waals surface area contributed by atoms with Crippen molar-refractivity contribution in [1.82, 2.24) is 9.78 Å². The molecule has 0 saturated heterocycles. The number of methoxy groups -OCH3 is 1. The SMILES string of the molecule is COc1ccc(-n2nc(C3(CC(C)=O)CCC(=O)CC3)cc2-c2ccc(C)cc2)cc1. The molecule has 1 saturated carbocycles. The first kappa shape index (κ1) is 21.0. The maximum Gasteiger partial charge on any atom is 0.132 e. The number of nitrogens with zero attached hydrogens (tertiary/aromatic N) is 2. The lowest BCUT2D eigenvalue weighted by molar-refractivity contribution is -0.124. The van der Waals surface area contributed by atoms with Gasteiger partial charge < -0.3 is 4.74 Å². The fraction of sp³-hybridized carbons (Fsp3) is 0.346. The summed E-state index contributed by atoms with van der Waals surface area (Å²) in [6.45, 7) is 3.69. The summed E-state index contributed by atoms with van der Waals surface area (Å²) in [7, 11) is 1.65. The minimum absolute atomic E-state index is 0.130. The lowest BCUT2D eigenvalue weighted by Crippen LogP contribution is -2.34. The molecule has 0 amide bonds. The molecule has 0 unspecified atom stereocenters. The standard InChI is InChI=1S/C26H28N2O3/c1-18-4-6-20(7-5-18)24-16-25(26(17-19(2)29)14-12-22(30)13-15-26)27-28(24)21-8-10-23(31-3)11-9-21/h4-11,16H,12-15,17H2,1-3H3. The first-order valence-corrected chi connectivity index (χ1v) is 10.7. The van der Waals surface area contributed by atoms with Crippen LogP contribution in [-0.4, -0.2) is 28.5 Å². The molecule has 5 heteroatoms. The molecular weight excluding hydrogens is 388 g/mol. The van der Waals surface area contributed by atoms with Crippen molar-refractivity contribution in [2.75, 3.05) is 7.11 Å². The zero-order valence-electron chi connectivity index (χ0n) is 18.4. The highest BCUT2D eigenvalue weighted by Gasteiger charge is 2.40. The van der Waals surface area contributed by atoms with Crippen LogP contribution >= 0.6 is 0 Å². The topological polar surface area (TPSA) is 61.2 Å². The van der Waals surface area contributed by atoms with Crippen LogP contribution in [0.5, 0.6) is 5.75 Å². The summed E-state index contributed by atoms with van der Waals surface area (Å²) in [4.78, 5) is 24.1. The van der Waals surface area contributed by atoms with E-state index >= 15 is 0 Å². The van der Waals surface area contributed by atoms with E-state index < -0.39 is 5.41 Å². The van der Waals surface area contributed by atoms with Crippen LogP contribution < -0.4 is 4.74 Å². The van der Waals surface area contributed by atoms with Crippen molar-refractivity contribution < 1.29 is 14.3 Å². The molecule has 0 radical (unpaired) electrons. The molecule has 2 aromatic carbocycles. The molecule has 0 bridgehead atoms. The van der Waals surface area contributed by atoms with E-state index in [1.54, 1.807) is 14.0 Å². The van der Waals surface area contributed by atoms with Crippen molar-refractivity contribution >= 4 is 11.6 Å². The number of carbonyl (C=O) groups excluding carboxylic acids is 2. The van der Waals surface area contributed by atoms with E-state index in [9.17, 15) is 9.59 Å². The highest BCUT2D eigenvalue weighted by molar-refractivity contribution is 5.82. The molecule has 31 heavy (non-hydrogen) atoms. The van der Waals surface area contributed by atoms with Gasteiger partial charge in [-0.25, -0.2) is 4.68 Å². The maximum atomic E-state index is 12.2. The van der Waals surface area contributed by atoms with E-state index in [1.165, 1.54) is 5.56 Å². The van der Waals surface area contributed by atoms with Crippen LogP contribution in [0.1, 0.15) is 50.3 Å². The van der Waals surface area contributed by atoms with E-state index in [0.717, 1.165) is 28.4 Å². The summed E-state index contributed by atoms with van der Waals surface area (Å²) in [6, 6.07) is 18.3. The molecule has 0 spiro atoms. The zero-order chi connectivity index (χ0) is 22.0. The van der Waals surface area contributed by atoms with Gasteiger partial charge in [0.2, 0.25) is 0 Å². The van der Waals surface area contributed by atoms with Gasteiger partial charge in [-0.2, -0.15) is 5.10 Å². The van der Waals surface area contributed by atoms with Gasteiger partial charge in [0.15, 0.2) is 0 Å². The lowest BCUT2D eigenvalue weighted by Gasteiger charge is -2.34. The number of carbonyl (C=O) groups is 2. The number of Topliss-reactive ketones (excluding diaryl/α,β-unsaturated/α-hetero) is 2. The Labute approximate surface area is 183 Å². The largest absolute Gasteiger partial charge is 0.497 e. The average Bonchev–Trinajstić information content (AvgIpc) is 3.22. The van der Waals surface area contributed by atoms with E-state index in [2.05, 4.69) is 37.3 Å². The summed E-state index contributed by atoms with van der Waals surface area (Å²) >= 11 is 0. The van der Waals surface area contributed by atoms with E-state index in [-0.39, 0.29) is 11.6 Å². The van der Waals surface area contributed by atoms with Gasteiger partial charge in [0.05, 0.1) is 24.2 Å². The van der Waals surface area contributed by atoms with Gasteiger partial charge in [-0.15, -0.1) is 0 Å². The number of ether oxygens (including phenoxy) is 1. The minimum atomic E-state index is -0.392. The Bertz CT molecular complexity index is 1080. The minimum Gasteiger partial charge on any atom is -0.497 e. The monoisotopic (exact) mass is 416 g/mol. The molecule has 1 fully saturated rings. The van der Waals surface area contributed by atoms with Crippen LogP contribution in [-0.2, 0) is 15.0 Å². The van der Waals surface area contributed by atoms with Crippen molar-refractivity contribution in [2.24, 2.45) is 0 Å². The first-order chi connectivity index (χ1) is 14.9. The molecule has 160 valence electrons. The van der Waals surface area contributed by atoms with Crippen molar-refractivity contribution in [3.63, 3.8) is 0 Å². The van der Waals surface area contributed by atoms with Gasteiger partial charge in [-0.05, 0) is 57.0 Å².